The van der Waals surface area contributed by atoms with Gasteiger partial charge in [-0.2, -0.15) is 0 Å². The van der Waals surface area contributed by atoms with Crippen LogP contribution in [0.15, 0.2) is 0 Å². The molecule has 74 valence electrons. The van der Waals surface area contributed by atoms with Gasteiger partial charge in [0.15, 0.2) is 0 Å². The third-order valence-corrected chi connectivity index (χ3v) is 2.72. The first kappa shape index (κ1) is 10.4. The lowest BCUT2D eigenvalue weighted by molar-refractivity contribution is -0.134. The molecule has 0 amide bonds. The van der Waals surface area contributed by atoms with Crippen molar-refractivity contribution >= 4 is 11.6 Å². The Kier molecular flexibility index (Phi) is 3.64. The van der Waals surface area contributed by atoms with Crippen molar-refractivity contribution in [2.45, 2.75) is 46.0 Å². The highest BCUT2D eigenvalue weighted by atomic mass is 16.2. The van der Waals surface area contributed by atoms with E-state index in [2.05, 4.69) is 0 Å². The summed E-state index contributed by atoms with van der Waals surface area (Å²) in [5.41, 5.74) is 0. The summed E-state index contributed by atoms with van der Waals surface area (Å²) in [7, 11) is 0. The standard InChI is InChI=1S/C11H18O2/c1-8(2)11(13)9-6-4-3-5-7-10(9)12/h8-9H,3-7H2,1-2H3. The molecular formula is C11H18O2. The van der Waals surface area contributed by atoms with Crippen LogP contribution < -0.4 is 0 Å². The smallest absolute Gasteiger partial charge is 0.145 e. The molecule has 1 rings (SSSR count). The Balaban J connectivity index is 2.64. The molecule has 0 saturated heterocycles. The number of hydrogen-bond acceptors (Lipinski definition) is 2. The second-order valence-corrected chi connectivity index (χ2v) is 4.18. The third-order valence-electron chi connectivity index (χ3n) is 2.72. The molecule has 1 atom stereocenters. The zero-order valence-electron chi connectivity index (χ0n) is 8.51. The minimum Gasteiger partial charge on any atom is -0.299 e. The Morgan fingerprint density at radius 1 is 1.31 bits per heavy atom. The van der Waals surface area contributed by atoms with Crippen LogP contribution in [-0.4, -0.2) is 11.6 Å². The maximum absolute atomic E-state index is 11.6. The molecule has 2 nitrogen and oxygen atoms in total. The fraction of sp³-hybridized carbons (Fsp3) is 0.818. The first-order chi connectivity index (χ1) is 6.13. The minimum absolute atomic E-state index is 0.00653. The fourth-order valence-electron chi connectivity index (χ4n) is 1.86. The predicted molar refractivity (Wildman–Crippen MR) is 51.4 cm³/mol. The van der Waals surface area contributed by atoms with Crippen LogP contribution in [0, 0.1) is 11.8 Å². The molecule has 1 saturated carbocycles. The van der Waals surface area contributed by atoms with Crippen molar-refractivity contribution in [1.82, 2.24) is 0 Å². The number of carbonyl (C=O) groups is 2. The van der Waals surface area contributed by atoms with Gasteiger partial charge in [-0.1, -0.05) is 26.7 Å². The Hall–Kier alpha value is -0.660. The SMILES string of the molecule is CC(C)C(=O)C1CCCCCC1=O. The van der Waals surface area contributed by atoms with E-state index in [0.29, 0.717) is 6.42 Å². The molecule has 13 heavy (non-hydrogen) atoms. The van der Waals surface area contributed by atoms with Gasteiger partial charge in [-0.25, -0.2) is 0 Å². The maximum Gasteiger partial charge on any atom is 0.145 e. The predicted octanol–water partition coefficient (Wildman–Crippen LogP) is 2.36. The van der Waals surface area contributed by atoms with Crippen molar-refractivity contribution in [3.05, 3.63) is 0 Å². The van der Waals surface area contributed by atoms with E-state index in [9.17, 15) is 9.59 Å². The van der Waals surface area contributed by atoms with E-state index < -0.39 is 0 Å². The summed E-state index contributed by atoms with van der Waals surface area (Å²) < 4.78 is 0. The van der Waals surface area contributed by atoms with E-state index in [4.69, 9.17) is 0 Å². The molecule has 0 N–H and O–H groups in total. The Morgan fingerprint density at radius 2 is 2.00 bits per heavy atom. The quantitative estimate of drug-likeness (QED) is 0.485. The van der Waals surface area contributed by atoms with Crippen molar-refractivity contribution in [2.24, 2.45) is 11.8 Å². The van der Waals surface area contributed by atoms with Crippen molar-refractivity contribution in [3.8, 4) is 0 Å². The average Bonchev–Trinajstić information content (AvgIpc) is 2.28. The molecule has 1 aliphatic rings. The summed E-state index contributed by atoms with van der Waals surface area (Å²) in [6.45, 7) is 3.75. The van der Waals surface area contributed by atoms with Gasteiger partial charge in [0.05, 0.1) is 5.92 Å². The number of Topliss-reactive ketones (excluding diaryl/α,β-unsaturated/α-hetero) is 2. The van der Waals surface area contributed by atoms with Crippen molar-refractivity contribution in [2.75, 3.05) is 0 Å². The van der Waals surface area contributed by atoms with E-state index in [0.717, 1.165) is 25.7 Å². The van der Waals surface area contributed by atoms with E-state index in [1.807, 2.05) is 13.8 Å². The van der Waals surface area contributed by atoms with Gasteiger partial charge < -0.3 is 0 Å². The molecule has 0 aromatic carbocycles. The summed E-state index contributed by atoms with van der Waals surface area (Å²) >= 11 is 0. The van der Waals surface area contributed by atoms with E-state index in [1.165, 1.54) is 0 Å². The van der Waals surface area contributed by atoms with E-state index >= 15 is 0 Å². The van der Waals surface area contributed by atoms with Crippen LogP contribution in [0.25, 0.3) is 0 Å². The van der Waals surface area contributed by atoms with E-state index in [-0.39, 0.29) is 23.4 Å². The zero-order chi connectivity index (χ0) is 9.84. The molecule has 0 heterocycles. The summed E-state index contributed by atoms with van der Waals surface area (Å²) in [6.07, 6.45) is 4.52. The van der Waals surface area contributed by atoms with Crippen LogP contribution in [-0.2, 0) is 9.59 Å². The van der Waals surface area contributed by atoms with Crippen LogP contribution in [0.3, 0.4) is 0 Å². The monoisotopic (exact) mass is 182 g/mol. The fourth-order valence-corrected chi connectivity index (χ4v) is 1.86. The number of carbonyl (C=O) groups excluding carboxylic acids is 2. The average molecular weight is 182 g/mol. The lowest BCUT2D eigenvalue weighted by Gasteiger charge is -2.13. The number of hydrogen-bond donors (Lipinski definition) is 0. The highest BCUT2D eigenvalue weighted by Crippen LogP contribution is 2.22. The normalized spacial score (nSPS) is 24.5. The van der Waals surface area contributed by atoms with Gasteiger partial charge in [0.2, 0.25) is 0 Å². The van der Waals surface area contributed by atoms with Crippen molar-refractivity contribution in [1.29, 1.82) is 0 Å². The Labute approximate surface area is 79.7 Å². The van der Waals surface area contributed by atoms with Crippen LogP contribution in [0.2, 0.25) is 0 Å². The summed E-state index contributed by atoms with van der Waals surface area (Å²) in [6, 6.07) is 0. The molecular weight excluding hydrogens is 164 g/mol. The first-order valence-electron chi connectivity index (χ1n) is 5.19. The summed E-state index contributed by atoms with van der Waals surface area (Å²) in [5.74, 6) is 0.0534. The van der Waals surface area contributed by atoms with Crippen molar-refractivity contribution in [3.63, 3.8) is 0 Å². The van der Waals surface area contributed by atoms with Crippen LogP contribution in [0.4, 0.5) is 0 Å². The van der Waals surface area contributed by atoms with E-state index in [1.54, 1.807) is 0 Å². The van der Waals surface area contributed by atoms with Crippen LogP contribution >= 0.6 is 0 Å². The molecule has 0 aromatic heterocycles. The molecule has 1 fully saturated rings. The van der Waals surface area contributed by atoms with Gasteiger partial charge in [-0.05, 0) is 12.8 Å². The lowest BCUT2D eigenvalue weighted by Crippen LogP contribution is -2.26. The second kappa shape index (κ2) is 4.54. The molecule has 1 aliphatic carbocycles. The molecule has 0 bridgehead atoms. The summed E-state index contributed by atoms with van der Waals surface area (Å²) in [5, 5.41) is 0. The number of ketones is 2. The molecule has 1 unspecified atom stereocenters. The Morgan fingerprint density at radius 3 is 2.62 bits per heavy atom. The van der Waals surface area contributed by atoms with Gasteiger partial charge in [-0.3, -0.25) is 9.59 Å². The molecule has 0 aromatic rings. The third kappa shape index (κ3) is 2.64. The lowest BCUT2D eigenvalue weighted by atomic mass is 9.88. The molecule has 0 spiro atoms. The highest BCUT2D eigenvalue weighted by Gasteiger charge is 2.28. The van der Waals surface area contributed by atoms with Crippen LogP contribution in [0.5, 0.6) is 0 Å². The van der Waals surface area contributed by atoms with Gasteiger partial charge in [0, 0.05) is 12.3 Å². The maximum atomic E-state index is 11.6. The molecule has 2 heteroatoms. The number of rotatable bonds is 2. The second-order valence-electron chi connectivity index (χ2n) is 4.18. The van der Waals surface area contributed by atoms with Gasteiger partial charge in [0.25, 0.3) is 0 Å². The highest BCUT2D eigenvalue weighted by molar-refractivity contribution is 6.03. The van der Waals surface area contributed by atoms with Crippen molar-refractivity contribution < 1.29 is 9.59 Å². The van der Waals surface area contributed by atoms with Gasteiger partial charge in [0.1, 0.15) is 11.6 Å². The summed E-state index contributed by atoms with van der Waals surface area (Å²) in [4.78, 5) is 23.2. The molecule has 0 radical (unpaired) electrons. The zero-order valence-corrected chi connectivity index (χ0v) is 8.51. The Bertz CT molecular complexity index is 206. The topological polar surface area (TPSA) is 34.1 Å². The largest absolute Gasteiger partial charge is 0.299 e. The minimum atomic E-state index is -0.275. The first-order valence-corrected chi connectivity index (χ1v) is 5.19. The van der Waals surface area contributed by atoms with Crippen LogP contribution in [0.1, 0.15) is 46.0 Å². The molecule has 0 aliphatic heterocycles. The van der Waals surface area contributed by atoms with Gasteiger partial charge in [-0.15, -0.1) is 0 Å². The van der Waals surface area contributed by atoms with Gasteiger partial charge >= 0.3 is 0 Å².